The van der Waals surface area contributed by atoms with Crippen LogP contribution >= 0.6 is 0 Å². The van der Waals surface area contributed by atoms with Gasteiger partial charge in [0.2, 0.25) is 5.78 Å². The highest BCUT2D eigenvalue weighted by atomic mass is 16.7. The number of carbonyl (C=O) groups excluding carboxylic acids is 7. The van der Waals surface area contributed by atoms with E-state index in [1.165, 1.54) is 25.3 Å². The van der Waals surface area contributed by atoms with Crippen molar-refractivity contribution in [3.63, 3.8) is 0 Å². The number of methoxy groups -OCH3 is 1. The number of carbonyl (C=O) groups is 7. The summed E-state index contributed by atoms with van der Waals surface area (Å²) in [6.45, 7) is 4.59. The van der Waals surface area contributed by atoms with Crippen molar-refractivity contribution in [2.75, 3.05) is 13.7 Å². The minimum Gasteiger partial charge on any atom is -0.507 e. The standard InChI is InChI=1S/C35H36O17/c1-13(36)35(45)10-19-24(30(44)26-25(28(19)42)27(41)18-8-7-9-20(46-6)23(18)29(26)43)21(11-35)51-34-33(50-17(5)40)32(49-16(4)39)31(48-15(3)38)22(52-34)12-47-14(2)37/h7-9,21-22,31-34,42,44-45H,10-12H2,1-6H3/t21-,22+,31-,32-,33-,34+,35+/m1/s1. The lowest BCUT2D eigenvalue weighted by molar-refractivity contribution is -0.320. The minimum atomic E-state index is -2.29. The zero-order chi connectivity index (χ0) is 38.4. The highest BCUT2D eigenvalue weighted by molar-refractivity contribution is 6.31. The number of esters is 4. The number of phenols is 2. The largest absolute Gasteiger partial charge is 0.507 e. The SMILES string of the molecule is COc1cccc2c1C(=O)c1c(O)c3c(c(O)c1C2=O)C[C@@](O)(C(C)=O)C[C@H]3O[C@H]1O[C@@H](COC(C)=O)[C@@H](OC(C)=O)[C@@H](OC(C)=O)[C@H]1OC(C)=O. The van der Waals surface area contributed by atoms with Crippen molar-refractivity contribution in [2.24, 2.45) is 0 Å². The van der Waals surface area contributed by atoms with Crippen molar-refractivity contribution in [1.29, 1.82) is 0 Å². The van der Waals surface area contributed by atoms with E-state index in [1.807, 2.05) is 0 Å². The monoisotopic (exact) mass is 728 g/mol. The van der Waals surface area contributed by atoms with E-state index in [2.05, 4.69) is 0 Å². The first-order chi connectivity index (χ1) is 24.4. The molecule has 2 aromatic carbocycles. The first-order valence-electron chi connectivity index (χ1n) is 16.0. The van der Waals surface area contributed by atoms with Crippen molar-refractivity contribution in [1.82, 2.24) is 0 Å². The molecule has 0 aromatic heterocycles. The van der Waals surface area contributed by atoms with Crippen molar-refractivity contribution >= 4 is 41.2 Å². The van der Waals surface area contributed by atoms with Crippen LogP contribution in [0.4, 0.5) is 0 Å². The molecule has 0 amide bonds. The molecule has 2 aromatic rings. The molecule has 1 heterocycles. The smallest absolute Gasteiger partial charge is 0.303 e. The third-order valence-electron chi connectivity index (χ3n) is 8.98. The van der Waals surface area contributed by atoms with Crippen LogP contribution in [0.25, 0.3) is 0 Å². The summed E-state index contributed by atoms with van der Waals surface area (Å²) in [5.74, 6) is -7.72. The first kappa shape index (κ1) is 37.9. The molecule has 1 fully saturated rings. The summed E-state index contributed by atoms with van der Waals surface area (Å²) in [5, 5.41) is 35.0. The molecule has 278 valence electrons. The van der Waals surface area contributed by atoms with Crippen LogP contribution < -0.4 is 4.74 Å². The molecule has 1 saturated heterocycles. The van der Waals surface area contributed by atoms with Crippen LogP contribution in [-0.2, 0) is 58.8 Å². The fourth-order valence-corrected chi connectivity index (χ4v) is 6.76. The molecule has 3 aliphatic rings. The lowest BCUT2D eigenvalue weighted by Gasteiger charge is -2.46. The van der Waals surface area contributed by atoms with Crippen LogP contribution in [0.3, 0.4) is 0 Å². The number of hydrogen-bond donors (Lipinski definition) is 3. The molecule has 7 atom stereocenters. The van der Waals surface area contributed by atoms with Gasteiger partial charge in [-0.3, -0.25) is 33.6 Å². The van der Waals surface area contributed by atoms with Gasteiger partial charge in [0.25, 0.3) is 0 Å². The van der Waals surface area contributed by atoms with Crippen molar-refractivity contribution < 1.29 is 82.0 Å². The molecule has 0 spiro atoms. The molecular formula is C35H36O17. The Bertz CT molecular complexity index is 1880. The summed E-state index contributed by atoms with van der Waals surface area (Å²) in [6.07, 6.45) is -11.2. The first-order valence-corrected chi connectivity index (χ1v) is 16.0. The summed E-state index contributed by atoms with van der Waals surface area (Å²) < 4.78 is 38.9. The number of benzene rings is 2. The van der Waals surface area contributed by atoms with E-state index in [4.69, 9.17) is 33.2 Å². The fourth-order valence-electron chi connectivity index (χ4n) is 6.76. The third kappa shape index (κ3) is 6.81. The normalized spacial score (nSPS) is 26.2. The van der Waals surface area contributed by atoms with Gasteiger partial charge in [0.05, 0.1) is 29.9 Å². The summed E-state index contributed by atoms with van der Waals surface area (Å²) >= 11 is 0. The van der Waals surface area contributed by atoms with Crippen LogP contribution in [0.1, 0.15) is 90.1 Å². The van der Waals surface area contributed by atoms with E-state index >= 15 is 0 Å². The van der Waals surface area contributed by atoms with Gasteiger partial charge in [0.15, 0.2) is 36.2 Å². The molecule has 0 bridgehead atoms. The van der Waals surface area contributed by atoms with Gasteiger partial charge < -0.3 is 48.5 Å². The van der Waals surface area contributed by atoms with Crippen molar-refractivity contribution in [2.45, 2.75) is 89.9 Å². The Balaban J connectivity index is 1.69. The van der Waals surface area contributed by atoms with Gasteiger partial charge in [-0.15, -0.1) is 0 Å². The second-order valence-corrected chi connectivity index (χ2v) is 12.5. The van der Waals surface area contributed by atoms with Crippen LogP contribution in [-0.4, -0.2) is 107 Å². The number of ether oxygens (including phenoxy) is 7. The number of phenolic OH excluding ortho intramolecular Hbond substituents is 2. The minimum absolute atomic E-state index is 0.00867. The number of aliphatic hydroxyl groups is 1. The van der Waals surface area contributed by atoms with Gasteiger partial charge in [-0.1, -0.05) is 12.1 Å². The molecule has 1 aliphatic heterocycles. The summed E-state index contributed by atoms with van der Waals surface area (Å²) in [7, 11) is 1.27. The molecule has 0 radical (unpaired) electrons. The van der Waals surface area contributed by atoms with E-state index in [0.717, 1.165) is 34.6 Å². The number of Topliss-reactive ketones (excluding diaryl/α,β-unsaturated/α-hetero) is 1. The third-order valence-corrected chi connectivity index (χ3v) is 8.98. The molecule has 3 N–H and O–H groups in total. The molecule has 52 heavy (non-hydrogen) atoms. The Morgan fingerprint density at radius 2 is 1.40 bits per heavy atom. The molecule has 0 unspecified atom stereocenters. The predicted octanol–water partition coefficient (Wildman–Crippen LogP) is 1.29. The Morgan fingerprint density at radius 3 is 1.98 bits per heavy atom. The van der Waals surface area contributed by atoms with Gasteiger partial charge in [-0.2, -0.15) is 0 Å². The van der Waals surface area contributed by atoms with Crippen LogP contribution in [0.15, 0.2) is 18.2 Å². The fraction of sp³-hybridized carbons (Fsp3) is 0.457. The van der Waals surface area contributed by atoms with E-state index in [1.54, 1.807) is 0 Å². The Labute approximate surface area is 295 Å². The zero-order valence-corrected chi connectivity index (χ0v) is 28.9. The predicted molar refractivity (Wildman–Crippen MR) is 169 cm³/mol. The number of aromatic hydroxyl groups is 2. The molecule has 5 rings (SSSR count). The van der Waals surface area contributed by atoms with E-state index < -0.39 is 126 Å². The quantitative estimate of drug-likeness (QED) is 0.160. The Morgan fingerprint density at radius 1 is 0.808 bits per heavy atom. The van der Waals surface area contributed by atoms with Crippen molar-refractivity contribution in [3.8, 4) is 17.2 Å². The maximum atomic E-state index is 14.0. The summed E-state index contributed by atoms with van der Waals surface area (Å²) in [5.41, 5.74) is -4.45. The lowest BCUT2D eigenvalue weighted by atomic mass is 9.72. The van der Waals surface area contributed by atoms with Gasteiger partial charge in [-0.05, 0) is 13.0 Å². The number of fused-ring (bicyclic) bond motifs is 3. The van der Waals surface area contributed by atoms with Crippen LogP contribution in [0, 0.1) is 0 Å². The maximum absolute atomic E-state index is 14.0. The second-order valence-electron chi connectivity index (χ2n) is 12.5. The topological polar surface area (TPSA) is 245 Å². The summed E-state index contributed by atoms with van der Waals surface area (Å²) in [6, 6.07) is 4.21. The molecule has 17 heteroatoms. The van der Waals surface area contributed by atoms with Gasteiger partial charge in [0, 0.05) is 57.2 Å². The maximum Gasteiger partial charge on any atom is 0.303 e. The van der Waals surface area contributed by atoms with E-state index in [9.17, 15) is 48.9 Å². The number of rotatable bonds is 9. The molecule has 2 aliphatic carbocycles. The number of hydrogen-bond acceptors (Lipinski definition) is 17. The van der Waals surface area contributed by atoms with Crippen LogP contribution in [0.2, 0.25) is 0 Å². The van der Waals surface area contributed by atoms with Gasteiger partial charge >= 0.3 is 23.9 Å². The number of ketones is 3. The Kier molecular flexibility index (Phi) is 10.4. The van der Waals surface area contributed by atoms with Crippen molar-refractivity contribution in [3.05, 3.63) is 51.6 Å². The summed E-state index contributed by atoms with van der Waals surface area (Å²) in [4.78, 5) is 89.3. The van der Waals surface area contributed by atoms with Crippen LogP contribution in [0.5, 0.6) is 17.2 Å². The highest BCUT2D eigenvalue weighted by Gasteiger charge is 2.55. The van der Waals surface area contributed by atoms with E-state index in [0.29, 0.717) is 0 Å². The second kappa shape index (κ2) is 14.3. The molecule has 17 nitrogen and oxygen atoms in total. The molecular weight excluding hydrogens is 692 g/mol. The zero-order valence-electron chi connectivity index (χ0n) is 28.9. The Hall–Kier alpha value is -5.39. The average molecular weight is 729 g/mol. The average Bonchev–Trinajstić information content (AvgIpc) is 3.05. The highest BCUT2D eigenvalue weighted by Crippen LogP contribution is 2.52. The van der Waals surface area contributed by atoms with Gasteiger partial charge in [0.1, 0.15) is 35.6 Å². The lowest BCUT2D eigenvalue weighted by Crippen LogP contribution is -2.63. The molecule has 0 saturated carbocycles. The van der Waals surface area contributed by atoms with Gasteiger partial charge in [-0.25, -0.2) is 0 Å². The van der Waals surface area contributed by atoms with E-state index in [-0.39, 0.29) is 28.0 Å².